The average molecular weight is 1050 g/mol. The Hall–Kier alpha value is -6.03. The Kier molecular flexibility index (Phi) is 12.2. The smallest absolute Gasteiger partial charge is 0.267 e. The van der Waals surface area contributed by atoms with Crippen molar-refractivity contribution >= 4 is 21.8 Å². The minimum atomic E-state index is -0.238. The van der Waals surface area contributed by atoms with Crippen LogP contribution in [0.25, 0.3) is 61.3 Å². The van der Waals surface area contributed by atoms with Gasteiger partial charge in [0.15, 0.2) is 0 Å². The Morgan fingerprint density at radius 1 is 0.561 bits per heavy atom. The summed E-state index contributed by atoms with van der Waals surface area (Å²) >= 11 is 0. The molecule has 0 fully saturated rings. The molecule has 66 heavy (non-hydrogen) atoms. The van der Waals surface area contributed by atoms with E-state index < -0.39 is 0 Å². The second kappa shape index (κ2) is 17.3. The summed E-state index contributed by atoms with van der Waals surface area (Å²) < 4.78 is 13.4. The molecule has 3 aromatic heterocycles. The van der Waals surface area contributed by atoms with Gasteiger partial charge in [0, 0.05) is 50.5 Å². The maximum atomic E-state index is 6.86. The van der Waals surface area contributed by atoms with Gasteiger partial charge in [0.05, 0.1) is 11.4 Å². The molecule has 6 aromatic carbocycles. The van der Waals surface area contributed by atoms with E-state index in [1.54, 1.807) is 0 Å². The average Bonchev–Trinajstić information content (AvgIpc) is 3.84. The third kappa shape index (κ3) is 8.83. The van der Waals surface area contributed by atoms with Gasteiger partial charge in [-0.3, -0.25) is 4.57 Å². The third-order valence-electron chi connectivity index (χ3n) is 12.8. The predicted molar refractivity (Wildman–Crippen MR) is 268 cm³/mol. The van der Waals surface area contributed by atoms with Crippen LogP contribution >= 0.6 is 0 Å². The summed E-state index contributed by atoms with van der Waals surface area (Å²) in [4.78, 5) is 4.89. The summed E-state index contributed by atoms with van der Waals surface area (Å²) in [6, 6.07) is 48.8. The molecule has 0 bridgehead atoms. The van der Waals surface area contributed by atoms with Crippen molar-refractivity contribution in [3.63, 3.8) is 0 Å². The molecule has 338 valence electrons. The van der Waals surface area contributed by atoms with Crippen molar-refractivity contribution in [1.29, 1.82) is 0 Å². The quantitative estimate of drug-likeness (QED) is 0.118. The zero-order chi connectivity index (χ0) is 46.2. The van der Waals surface area contributed by atoms with E-state index in [9.17, 15) is 0 Å². The minimum Gasteiger partial charge on any atom is -0.510 e. The molecule has 0 saturated carbocycles. The fourth-order valence-electron chi connectivity index (χ4n) is 9.23. The number of ether oxygens (including phenoxy) is 1. The van der Waals surface area contributed by atoms with Gasteiger partial charge in [-0.2, -0.15) is 17.7 Å². The first-order valence-electron chi connectivity index (χ1n) is 22.8. The Morgan fingerprint density at radius 2 is 1.17 bits per heavy atom. The molecule has 6 heteroatoms. The number of hydrogen-bond acceptors (Lipinski definition) is 2. The predicted octanol–water partition coefficient (Wildman–Crippen LogP) is 14.9. The topological polar surface area (TPSA) is 35.9 Å². The van der Waals surface area contributed by atoms with E-state index in [0.717, 1.165) is 50.3 Å². The molecule has 0 radical (unpaired) electrons. The van der Waals surface area contributed by atoms with E-state index in [1.807, 2.05) is 12.3 Å². The number of imidazole rings is 1. The van der Waals surface area contributed by atoms with Crippen LogP contribution in [0.4, 0.5) is 0 Å². The van der Waals surface area contributed by atoms with E-state index in [1.165, 1.54) is 50.1 Å². The van der Waals surface area contributed by atoms with Crippen LogP contribution < -0.4 is 9.30 Å². The van der Waals surface area contributed by atoms with Gasteiger partial charge < -0.3 is 13.9 Å². The first-order valence-corrected chi connectivity index (χ1v) is 22.8. The molecule has 5 nitrogen and oxygen atoms in total. The van der Waals surface area contributed by atoms with Gasteiger partial charge in [-0.1, -0.05) is 122 Å². The summed E-state index contributed by atoms with van der Waals surface area (Å²) in [6.07, 6.45) is 7.96. The number of hydrogen-bond donors (Lipinski definition) is 0. The molecule has 0 aliphatic heterocycles. The number of pyridine rings is 1. The maximum absolute atomic E-state index is 6.86. The number of fused-ring (bicyclic) bond motifs is 3. The summed E-state index contributed by atoms with van der Waals surface area (Å²) in [5, 5.41) is 2.23. The molecule has 3 heterocycles. The summed E-state index contributed by atoms with van der Waals surface area (Å²) in [5.41, 5.74) is 16.8. The number of para-hydroxylation sites is 1. The zero-order valence-corrected chi connectivity index (χ0v) is 42.9. The van der Waals surface area contributed by atoms with E-state index >= 15 is 0 Å². The molecule has 0 atom stereocenters. The molecule has 9 aromatic rings. The molecule has 0 N–H and O–H groups in total. The van der Waals surface area contributed by atoms with E-state index in [-0.39, 0.29) is 37.3 Å². The molecular weight excluding hydrogens is 988 g/mol. The zero-order valence-electron chi connectivity index (χ0n) is 40.6. The van der Waals surface area contributed by atoms with Crippen molar-refractivity contribution in [1.82, 2.24) is 14.1 Å². The Bertz CT molecular complexity index is 3180. The van der Waals surface area contributed by atoms with E-state index in [0.29, 0.717) is 11.5 Å². The third-order valence-corrected chi connectivity index (χ3v) is 12.8. The molecule has 0 aliphatic rings. The normalized spacial score (nSPS) is 12.2. The van der Waals surface area contributed by atoms with E-state index in [2.05, 4.69) is 238 Å². The van der Waals surface area contributed by atoms with Crippen molar-refractivity contribution in [3.8, 4) is 50.9 Å². The van der Waals surface area contributed by atoms with Gasteiger partial charge in [0.1, 0.15) is 5.82 Å². The largest absolute Gasteiger partial charge is 0.510 e. The van der Waals surface area contributed by atoms with Crippen molar-refractivity contribution in [2.24, 2.45) is 0 Å². The van der Waals surface area contributed by atoms with Crippen LogP contribution in [0.1, 0.15) is 101 Å². The number of rotatable bonds is 7. The van der Waals surface area contributed by atoms with Gasteiger partial charge in [-0.15, -0.1) is 29.7 Å². The molecule has 0 amide bonds. The number of aryl methyl sites for hydroxylation is 4. The van der Waals surface area contributed by atoms with Gasteiger partial charge in [0.25, 0.3) is 6.33 Å². The second-order valence-corrected chi connectivity index (χ2v) is 20.9. The summed E-state index contributed by atoms with van der Waals surface area (Å²) in [7, 11) is 0. The Morgan fingerprint density at radius 3 is 1.76 bits per heavy atom. The van der Waals surface area contributed by atoms with Crippen molar-refractivity contribution in [2.45, 2.75) is 106 Å². The van der Waals surface area contributed by atoms with Crippen LogP contribution in [0.5, 0.6) is 11.5 Å². The summed E-state index contributed by atoms with van der Waals surface area (Å²) in [6.45, 7) is 29.0. The first-order chi connectivity index (χ1) is 30.7. The molecule has 0 aliphatic carbocycles. The molecule has 0 unspecified atom stereocenters. The summed E-state index contributed by atoms with van der Waals surface area (Å²) in [5.74, 6) is 2.07. The van der Waals surface area contributed by atoms with Crippen molar-refractivity contribution < 1.29 is 30.4 Å². The molecule has 0 saturated heterocycles. The Labute approximate surface area is 406 Å². The van der Waals surface area contributed by atoms with Crippen molar-refractivity contribution in [2.75, 3.05) is 0 Å². The van der Waals surface area contributed by atoms with Crippen LogP contribution in [-0.2, 0) is 37.3 Å². The standard InChI is InChI=1S/C60H60N4O.Pt/c1-38-18-16-19-39(2)56(38)42-28-43(57-40(3)20-17-21-41(57)4)30-46(29-42)62-36-54(60(11,12)13)63(37-62)47-31-45(59(8,9)10)32-49(34-47)65-48-24-25-51-50-22-14-15-23-52(50)64(53(51)35-48)55-33-44(26-27-61-55)58(5,6)7;/h14-33,36H,1-13H3;/q-2;. The fraction of sp³-hybridized carbons (Fsp3) is 0.267. The molecule has 0 spiro atoms. The van der Waals surface area contributed by atoms with Crippen LogP contribution in [0.15, 0.2) is 128 Å². The van der Waals surface area contributed by atoms with Crippen LogP contribution in [0.3, 0.4) is 0 Å². The fourth-order valence-corrected chi connectivity index (χ4v) is 9.23. The van der Waals surface area contributed by atoms with Gasteiger partial charge in [-0.25, -0.2) is 4.98 Å². The first kappa shape index (κ1) is 46.5. The number of benzene rings is 6. The van der Waals surface area contributed by atoms with Gasteiger partial charge in [-0.05, 0) is 141 Å². The van der Waals surface area contributed by atoms with Crippen LogP contribution in [-0.4, -0.2) is 14.1 Å². The Balaban J connectivity index is 0.00000592. The molecular formula is C60H60N4OPt-2. The van der Waals surface area contributed by atoms with Gasteiger partial charge >= 0.3 is 0 Å². The molecule has 9 rings (SSSR count). The van der Waals surface area contributed by atoms with Crippen LogP contribution in [0, 0.1) is 46.2 Å². The van der Waals surface area contributed by atoms with Gasteiger partial charge in [0.2, 0.25) is 0 Å². The number of aromatic nitrogens is 4. The van der Waals surface area contributed by atoms with E-state index in [4.69, 9.17) is 9.72 Å². The second-order valence-electron chi connectivity index (χ2n) is 20.9. The monoisotopic (exact) mass is 1050 g/mol. The number of nitrogens with zero attached hydrogens (tertiary/aromatic N) is 4. The SMILES string of the molecule is Cc1cccc(C)c1-c1cc(-c2c(C)cccc2C)cc(-[n+]2[c-]n(-c3[c-]c(Oc4[c-]c5c(cc4)c4ccccc4n5-c4cc(C(C)(C)C)ccn4)cc(C(C)(C)C)c3)c(C(C)(C)C)c2)c1.[Pt]. The van der Waals surface area contributed by atoms with Crippen molar-refractivity contribution in [3.05, 3.63) is 185 Å². The minimum absolute atomic E-state index is 0. The van der Waals surface area contributed by atoms with Crippen LogP contribution in [0.2, 0.25) is 0 Å². The maximum Gasteiger partial charge on any atom is 0.267 e.